The van der Waals surface area contributed by atoms with Crippen LogP contribution in [0.25, 0.3) is 10.8 Å². The van der Waals surface area contributed by atoms with Gasteiger partial charge in [-0.2, -0.15) is 0 Å². The van der Waals surface area contributed by atoms with Crippen LogP contribution in [0.1, 0.15) is 12.5 Å². The Kier molecular flexibility index (Phi) is 5.81. The summed E-state index contributed by atoms with van der Waals surface area (Å²) < 4.78 is 5.40. The van der Waals surface area contributed by atoms with Gasteiger partial charge in [-0.1, -0.05) is 42.5 Å². The summed E-state index contributed by atoms with van der Waals surface area (Å²) in [5, 5.41) is 8.22. The molecule has 1 amide bonds. The fraction of sp³-hybridized carbons (Fsp3) is 0.143. The number of benzene rings is 3. The molecule has 0 aliphatic rings. The Morgan fingerprint density at radius 3 is 2.50 bits per heavy atom. The van der Waals surface area contributed by atoms with E-state index in [1.54, 1.807) is 0 Å². The smallest absolute Gasteiger partial charge is 0.230 e. The molecule has 0 saturated carbocycles. The molecule has 0 atom stereocenters. The van der Waals surface area contributed by atoms with Gasteiger partial charge >= 0.3 is 0 Å². The van der Waals surface area contributed by atoms with Gasteiger partial charge in [-0.25, -0.2) is 0 Å². The summed E-state index contributed by atoms with van der Waals surface area (Å²) in [6, 6.07) is 21.4. The van der Waals surface area contributed by atoms with Crippen LogP contribution in [-0.4, -0.2) is 17.6 Å². The summed E-state index contributed by atoms with van der Waals surface area (Å²) in [5.74, 6) is 0.647. The van der Waals surface area contributed by atoms with Gasteiger partial charge in [0.1, 0.15) is 5.75 Å². The molecular formula is C21H20N2O2S. The number of rotatable bonds is 5. The van der Waals surface area contributed by atoms with E-state index in [4.69, 9.17) is 17.0 Å². The van der Waals surface area contributed by atoms with Crippen LogP contribution in [0.2, 0.25) is 0 Å². The van der Waals surface area contributed by atoms with Crippen LogP contribution in [-0.2, 0) is 11.2 Å². The van der Waals surface area contributed by atoms with Gasteiger partial charge in [0.15, 0.2) is 5.11 Å². The molecule has 3 rings (SSSR count). The molecule has 3 aromatic rings. The maximum atomic E-state index is 12.3. The Morgan fingerprint density at radius 1 is 1.00 bits per heavy atom. The average Bonchev–Trinajstić information content (AvgIpc) is 2.64. The highest BCUT2D eigenvalue weighted by Crippen LogP contribution is 2.19. The zero-order valence-electron chi connectivity index (χ0n) is 14.5. The van der Waals surface area contributed by atoms with Crippen molar-refractivity contribution in [3.63, 3.8) is 0 Å². The van der Waals surface area contributed by atoms with Crippen LogP contribution >= 0.6 is 12.2 Å². The fourth-order valence-corrected chi connectivity index (χ4v) is 2.99. The summed E-state index contributed by atoms with van der Waals surface area (Å²) in [4.78, 5) is 12.3. The minimum Gasteiger partial charge on any atom is -0.494 e. The fourth-order valence-electron chi connectivity index (χ4n) is 2.75. The second-order valence-corrected chi connectivity index (χ2v) is 6.18. The largest absolute Gasteiger partial charge is 0.494 e. The molecule has 0 spiro atoms. The van der Waals surface area contributed by atoms with Gasteiger partial charge in [-0.05, 0) is 59.7 Å². The van der Waals surface area contributed by atoms with E-state index in [0.717, 1.165) is 27.8 Å². The molecule has 0 fully saturated rings. The molecule has 3 aromatic carbocycles. The number of amides is 1. The highest BCUT2D eigenvalue weighted by atomic mass is 32.1. The third-order valence-corrected chi connectivity index (χ3v) is 4.11. The molecule has 0 saturated heterocycles. The average molecular weight is 364 g/mol. The Morgan fingerprint density at radius 2 is 1.73 bits per heavy atom. The number of hydrogen-bond acceptors (Lipinski definition) is 3. The summed E-state index contributed by atoms with van der Waals surface area (Å²) in [6.45, 7) is 2.56. The van der Waals surface area contributed by atoms with E-state index in [1.165, 1.54) is 0 Å². The number of fused-ring (bicyclic) bond motifs is 1. The molecule has 0 aliphatic heterocycles. The number of carbonyl (C=O) groups excluding carboxylic acids is 1. The number of nitrogens with one attached hydrogen (secondary N) is 2. The van der Waals surface area contributed by atoms with Crippen molar-refractivity contribution in [3.8, 4) is 5.75 Å². The van der Waals surface area contributed by atoms with Gasteiger partial charge in [0.05, 0.1) is 13.0 Å². The second kappa shape index (κ2) is 8.45. The highest BCUT2D eigenvalue weighted by Gasteiger charge is 2.09. The zero-order chi connectivity index (χ0) is 18.4. The minimum atomic E-state index is -0.148. The van der Waals surface area contributed by atoms with Crippen molar-refractivity contribution < 1.29 is 9.53 Å². The first-order valence-corrected chi connectivity index (χ1v) is 8.87. The highest BCUT2D eigenvalue weighted by molar-refractivity contribution is 7.80. The molecule has 0 heterocycles. The summed E-state index contributed by atoms with van der Waals surface area (Å²) in [7, 11) is 0. The van der Waals surface area contributed by atoms with Gasteiger partial charge in [0.2, 0.25) is 5.91 Å². The molecule has 0 aliphatic carbocycles. The third-order valence-electron chi connectivity index (χ3n) is 3.91. The van der Waals surface area contributed by atoms with E-state index in [0.29, 0.717) is 6.61 Å². The molecule has 0 unspecified atom stereocenters. The predicted octanol–water partition coefficient (Wildman–Crippen LogP) is 4.29. The van der Waals surface area contributed by atoms with Crippen molar-refractivity contribution in [2.24, 2.45) is 0 Å². The van der Waals surface area contributed by atoms with E-state index in [1.807, 2.05) is 73.7 Å². The first-order valence-electron chi connectivity index (χ1n) is 8.46. The van der Waals surface area contributed by atoms with Crippen LogP contribution in [0.15, 0.2) is 66.7 Å². The zero-order valence-corrected chi connectivity index (χ0v) is 15.3. The Bertz CT molecular complexity index is 917. The second-order valence-electron chi connectivity index (χ2n) is 5.77. The molecular weight excluding hydrogens is 344 g/mol. The molecule has 2 N–H and O–H groups in total. The lowest BCUT2D eigenvalue weighted by molar-refractivity contribution is -0.119. The van der Waals surface area contributed by atoms with Crippen molar-refractivity contribution in [3.05, 3.63) is 72.3 Å². The number of ether oxygens (including phenoxy) is 1. The minimum absolute atomic E-state index is 0.148. The first-order chi connectivity index (χ1) is 12.7. The van der Waals surface area contributed by atoms with E-state index in [-0.39, 0.29) is 17.4 Å². The number of thiocarbonyl (C=S) groups is 1. The van der Waals surface area contributed by atoms with Crippen LogP contribution in [0, 0.1) is 0 Å². The van der Waals surface area contributed by atoms with Crippen molar-refractivity contribution >= 4 is 39.7 Å². The lowest BCUT2D eigenvalue weighted by Gasteiger charge is -2.11. The molecule has 0 bridgehead atoms. The standard InChI is InChI=1S/C21H20N2O2S/c1-2-25-18-12-10-17(11-13-18)22-21(26)23-20(24)14-16-8-5-7-15-6-3-4-9-19(15)16/h3-13H,2,14H2,1H3,(H2,22,23,24,26). The predicted molar refractivity (Wildman–Crippen MR) is 110 cm³/mol. The van der Waals surface area contributed by atoms with Crippen molar-refractivity contribution in [2.45, 2.75) is 13.3 Å². The Balaban J connectivity index is 1.59. The quantitative estimate of drug-likeness (QED) is 0.663. The Labute approximate surface area is 158 Å². The SMILES string of the molecule is CCOc1ccc(NC(=S)NC(=O)Cc2cccc3ccccc23)cc1. The maximum Gasteiger partial charge on any atom is 0.230 e. The number of carbonyl (C=O) groups is 1. The van der Waals surface area contributed by atoms with Crippen molar-refractivity contribution in [1.82, 2.24) is 5.32 Å². The van der Waals surface area contributed by atoms with Gasteiger partial charge in [0.25, 0.3) is 0 Å². The molecule has 132 valence electrons. The monoisotopic (exact) mass is 364 g/mol. The van der Waals surface area contributed by atoms with Gasteiger partial charge in [-0.3, -0.25) is 4.79 Å². The first kappa shape index (κ1) is 17.9. The van der Waals surface area contributed by atoms with Crippen molar-refractivity contribution in [2.75, 3.05) is 11.9 Å². The number of anilines is 1. The van der Waals surface area contributed by atoms with Crippen LogP contribution in [0.3, 0.4) is 0 Å². The molecule has 5 heteroatoms. The van der Waals surface area contributed by atoms with Gasteiger partial charge in [0, 0.05) is 5.69 Å². The molecule has 4 nitrogen and oxygen atoms in total. The van der Waals surface area contributed by atoms with Crippen LogP contribution in [0.4, 0.5) is 5.69 Å². The summed E-state index contributed by atoms with van der Waals surface area (Å²) >= 11 is 5.23. The summed E-state index contributed by atoms with van der Waals surface area (Å²) in [6.07, 6.45) is 0.270. The van der Waals surface area contributed by atoms with E-state index < -0.39 is 0 Å². The maximum absolute atomic E-state index is 12.3. The lowest BCUT2D eigenvalue weighted by atomic mass is 10.0. The molecule has 0 aromatic heterocycles. The lowest BCUT2D eigenvalue weighted by Crippen LogP contribution is -2.35. The number of hydrogen-bond donors (Lipinski definition) is 2. The molecule has 0 radical (unpaired) electrons. The van der Waals surface area contributed by atoms with Crippen LogP contribution < -0.4 is 15.4 Å². The normalized spacial score (nSPS) is 10.3. The van der Waals surface area contributed by atoms with E-state index in [2.05, 4.69) is 10.6 Å². The van der Waals surface area contributed by atoms with Crippen LogP contribution in [0.5, 0.6) is 5.75 Å². The van der Waals surface area contributed by atoms with E-state index in [9.17, 15) is 4.79 Å². The topological polar surface area (TPSA) is 50.4 Å². The van der Waals surface area contributed by atoms with Crippen molar-refractivity contribution in [1.29, 1.82) is 0 Å². The van der Waals surface area contributed by atoms with E-state index >= 15 is 0 Å². The van der Waals surface area contributed by atoms with Gasteiger partial charge < -0.3 is 15.4 Å². The molecule has 26 heavy (non-hydrogen) atoms. The van der Waals surface area contributed by atoms with Gasteiger partial charge in [-0.15, -0.1) is 0 Å². The Hall–Kier alpha value is -2.92. The third kappa shape index (κ3) is 4.58. The summed E-state index contributed by atoms with van der Waals surface area (Å²) in [5.41, 5.74) is 1.77.